The highest BCUT2D eigenvalue weighted by atomic mass is 35.5. The molecule has 0 bridgehead atoms. The van der Waals surface area contributed by atoms with Gasteiger partial charge in [0.2, 0.25) is 0 Å². The summed E-state index contributed by atoms with van der Waals surface area (Å²) in [4.78, 5) is 3.96. The molecule has 20 heavy (non-hydrogen) atoms. The van der Waals surface area contributed by atoms with Crippen molar-refractivity contribution in [2.24, 2.45) is 0 Å². The van der Waals surface area contributed by atoms with Gasteiger partial charge >= 0.3 is 0 Å². The van der Waals surface area contributed by atoms with Gasteiger partial charge in [0.05, 0.1) is 5.02 Å². The van der Waals surface area contributed by atoms with Crippen LogP contribution < -0.4 is 0 Å². The maximum absolute atomic E-state index is 10.0. The zero-order valence-electron chi connectivity index (χ0n) is 11.3. The lowest BCUT2D eigenvalue weighted by Gasteiger charge is -2.27. The maximum atomic E-state index is 10.0. The Balaban J connectivity index is 1.93. The van der Waals surface area contributed by atoms with Crippen LogP contribution in [-0.2, 0) is 12.8 Å². The quantitative estimate of drug-likeness (QED) is 0.803. The van der Waals surface area contributed by atoms with Crippen LogP contribution in [0.5, 0.6) is 5.75 Å². The van der Waals surface area contributed by atoms with Crippen molar-refractivity contribution in [1.82, 2.24) is 4.90 Å². The third-order valence-corrected chi connectivity index (χ3v) is 6.00. The van der Waals surface area contributed by atoms with Crippen molar-refractivity contribution in [3.8, 4) is 5.75 Å². The van der Waals surface area contributed by atoms with Crippen molar-refractivity contribution in [2.75, 3.05) is 13.6 Å². The molecule has 1 N–H and O–H groups in total. The minimum atomic E-state index is 0.206. The molecule has 2 aromatic rings. The van der Waals surface area contributed by atoms with Crippen LogP contribution in [0.4, 0.5) is 0 Å². The number of phenols is 1. The highest BCUT2D eigenvalue weighted by molar-refractivity contribution is 7.10. The minimum Gasteiger partial charge on any atom is -0.506 e. The second-order valence-corrected chi connectivity index (χ2v) is 7.19. The largest absolute Gasteiger partial charge is 0.506 e. The molecule has 0 spiro atoms. The molecule has 0 radical (unpaired) electrons. The number of fused-ring (bicyclic) bond motifs is 5. The van der Waals surface area contributed by atoms with E-state index in [1.54, 1.807) is 0 Å². The van der Waals surface area contributed by atoms with E-state index >= 15 is 0 Å². The third kappa shape index (κ3) is 1.73. The summed E-state index contributed by atoms with van der Waals surface area (Å²) >= 11 is 7.95. The number of hydrogen-bond donors (Lipinski definition) is 1. The van der Waals surface area contributed by atoms with Gasteiger partial charge in [-0.2, -0.15) is 0 Å². The molecule has 1 aromatic heterocycles. The number of aromatic hydroxyl groups is 1. The average Bonchev–Trinajstić information content (AvgIpc) is 2.96. The molecule has 0 fully saturated rings. The summed E-state index contributed by atoms with van der Waals surface area (Å²) in [6, 6.07) is 6.60. The van der Waals surface area contributed by atoms with E-state index in [-0.39, 0.29) is 5.75 Å². The standard InChI is InChI=1S/C16H16ClNOS/c1-18-4-2-9-6-12(17)14(19)7-11(9)16-10-3-5-20-15(10)8-13(16)18/h3,5-7,13,16,19H,2,4,8H2,1H3/t13-,16+/m1/s1. The molecule has 1 aliphatic carbocycles. The third-order valence-electron chi connectivity index (χ3n) is 4.74. The van der Waals surface area contributed by atoms with Crippen molar-refractivity contribution in [3.63, 3.8) is 0 Å². The molecule has 4 heteroatoms. The van der Waals surface area contributed by atoms with Gasteiger partial charge in [-0.1, -0.05) is 11.6 Å². The summed E-state index contributed by atoms with van der Waals surface area (Å²) in [5, 5.41) is 12.7. The Labute approximate surface area is 127 Å². The lowest BCUT2D eigenvalue weighted by atomic mass is 9.87. The van der Waals surface area contributed by atoms with Crippen molar-refractivity contribution in [1.29, 1.82) is 0 Å². The number of halogens is 1. The summed E-state index contributed by atoms with van der Waals surface area (Å²) in [5.74, 6) is 0.583. The van der Waals surface area contributed by atoms with Crippen LogP contribution >= 0.6 is 22.9 Å². The monoisotopic (exact) mass is 305 g/mol. The van der Waals surface area contributed by atoms with E-state index in [1.165, 1.54) is 21.6 Å². The topological polar surface area (TPSA) is 23.5 Å². The lowest BCUT2D eigenvalue weighted by Crippen LogP contribution is -2.34. The van der Waals surface area contributed by atoms with Crippen LogP contribution in [-0.4, -0.2) is 29.6 Å². The number of nitrogens with zero attached hydrogens (tertiary/aromatic N) is 1. The molecule has 2 aliphatic rings. The Morgan fingerprint density at radius 2 is 2.20 bits per heavy atom. The molecular formula is C16H16ClNOS. The van der Waals surface area contributed by atoms with Gasteiger partial charge in [0, 0.05) is 23.4 Å². The first-order valence-corrected chi connectivity index (χ1v) is 8.18. The SMILES string of the molecule is CN1CCc2cc(Cl)c(O)cc2[C@@H]2c3ccsc3C[C@H]21. The number of rotatable bonds is 0. The van der Waals surface area contributed by atoms with Crippen LogP contribution in [0.25, 0.3) is 0 Å². The molecule has 0 amide bonds. The Kier molecular flexibility index (Phi) is 2.85. The molecule has 1 aliphatic heterocycles. The molecule has 2 atom stereocenters. The number of thiophene rings is 1. The predicted molar refractivity (Wildman–Crippen MR) is 83.1 cm³/mol. The summed E-state index contributed by atoms with van der Waals surface area (Å²) in [7, 11) is 2.21. The van der Waals surface area contributed by atoms with E-state index in [9.17, 15) is 5.11 Å². The number of hydrogen-bond acceptors (Lipinski definition) is 3. The van der Waals surface area contributed by atoms with Gasteiger partial charge in [-0.05, 0) is 60.2 Å². The molecular weight excluding hydrogens is 290 g/mol. The first-order chi connectivity index (χ1) is 9.65. The molecule has 1 aromatic carbocycles. The molecule has 2 heterocycles. The van der Waals surface area contributed by atoms with Gasteiger partial charge in [-0.25, -0.2) is 0 Å². The zero-order chi connectivity index (χ0) is 13.9. The van der Waals surface area contributed by atoms with Gasteiger partial charge in [0.1, 0.15) is 5.75 Å². The van der Waals surface area contributed by atoms with Crippen molar-refractivity contribution >= 4 is 22.9 Å². The normalized spacial score (nSPS) is 24.9. The molecule has 2 nitrogen and oxygen atoms in total. The molecule has 4 rings (SSSR count). The first kappa shape index (κ1) is 12.7. The zero-order valence-corrected chi connectivity index (χ0v) is 12.8. The van der Waals surface area contributed by atoms with E-state index in [2.05, 4.69) is 23.4 Å². The first-order valence-electron chi connectivity index (χ1n) is 6.93. The van der Waals surface area contributed by atoms with Crippen LogP contribution in [0.3, 0.4) is 0 Å². The smallest absolute Gasteiger partial charge is 0.134 e. The van der Waals surface area contributed by atoms with Gasteiger partial charge in [0.15, 0.2) is 0 Å². The van der Waals surface area contributed by atoms with Gasteiger partial charge in [-0.15, -0.1) is 11.3 Å². The van der Waals surface area contributed by atoms with Gasteiger partial charge in [-0.3, -0.25) is 0 Å². The number of phenolic OH excluding ortho intramolecular Hbond substituents is 1. The van der Waals surface area contributed by atoms with Gasteiger partial charge in [0.25, 0.3) is 0 Å². The highest BCUT2D eigenvalue weighted by Gasteiger charge is 2.39. The Hall–Kier alpha value is -1.03. The Morgan fingerprint density at radius 1 is 1.35 bits per heavy atom. The Bertz CT molecular complexity index is 681. The maximum Gasteiger partial charge on any atom is 0.134 e. The molecule has 104 valence electrons. The fraction of sp³-hybridized carbons (Fsp3) is 0.375. The average molecular weight is 306 g/mol. The summed E-state index contributed by atoms with van der Waals surface area (Å²) in [5.41, 5.74) is 3.99. The van der Waals surface area contributed by atoms with E-state index in [4.69, 9.17) is 11.6 Å². The molecule has 0 saturated heterocycles. The molecule has 0 saturated carbocycles. The Morgan fingerprint density at radius 3 is 3.05 bits per heavy atom. The number of benzene rings is 1. The van der Waals surface area contributed by atoms with Crippen LogP contribution in [0, 0.1) is 0 Å². The molecule has 0 unspecified atom stereocenters. The lowest BCUT2D eigenvalue weighted by molar-refractivity contribution is 0.244. The summed E-state index contributed by atoms with van der Waals surface area (Å²) in [6.07, 6.45) is 2.12. The van der Waals surface area contributed by atoms with Crippen LogP contribution in [0.1, 0.15) is 27.5 Å². The second-order valence-electron chi connectivity index (χ2n) is 5.78. The summed E-state index contributed by atoms with van der Waals surface area (Å²) in [6.45, 7) is 1.05. The summed E-state index contributed by atoms with van der Waals surface area (Å²) < 4.78 is 0. The van der Waals surface area contributed by atoms with Crippen molar-refractivity contribution in [2.45, 2.75) is 24.8 Å². The van der Waals surface area contributed by atoms with Gasteiger partial charge < -0.3 is 10.0 Å². The fourth-order valence-corrected chi connectivity index (χ4v) is 4.84. The van der Waals surface area contributed by atoms with Crippen LogP contribution in [0.15, 0.2) is 23.6 Å². The fourth-order valence-electron chi connectivity index (χ4n) is 3.68. The predicted octanol–water partition coefficient (Wildman–Crippen LogP) is 3.65. The number of likely N-dealkylation sites (N-methyl/N-ethyl adjacent to an activating group) is 1. The minimum absolute atomic E-state index is 0.206. The van der Waals surface area contributed by atoms with E-state index in [0.29, 0.717) is 17.0 Å². The van der Waals surface area contributed by atoms with Crippen molar-refractivity contribution in [3.05, 3.63) is 50.2 Å². The van der Waals surface area contributed by atoms with Crippen molar-refractivity contribution < 1.29 is 5.11 Å². The second kappa shape index (κ2) is 4.48. The van der Waals surface area contributed by atoms with E-state index in [0.717, 1.165) is 19.4 Å². The highest BCUT2D eigenvalue weighted by Crippen LogP contribution is 2.47. The van der Waals surface area contributed by atoms with E-state index in [1.807, 2.05) is 23.5 Å². The van der Waals surface area contributed by atoms with Crippen LogP contribution in [0.2, 0.25) is 5.02 Å². The van der Waals surface area contributed by atoms with E-state index < -0.39 is 0 Å².